The number of likely N-dealkylation sites (N-methyl/N-ethyl adjacent to an activating group) is 2. The Balaban J connectivity index is 2.34. The third-order valence-electron chi connectivity index (χ3n) is 3.23. The molecule has 0 atom stereocenters. The standard InChI is InChI=1S/C13H18N6O3S/c1-4-18(9-13(20)17(2)3)23(21,22)12-7-5-6-11(8-12)19-10-14-15-16-19/h5-8,10H,4,9H2,1-3H3. The molecule has 0 fully saturated rings. The third kappa shape index (κ3) is 3.71. The summed E-state index contributed by atoms with van der Waals surface area (Å²) in [6.45, 7) is 1.67. The molecule has 0 radical (unpaired) electrons. The molecule has 0 aliphatic heterocycles. The monoisotopic (exact) mass is 338 g/mol. The van der Waals surface area contributed by atoms with Crippen molar-refractivity contribution in [2.45, 2.75) is 11.8 Å². The van der Waals surface area contributed by atoms with Crippen molar-refractivity contribution in [3.8, 4) is 5.69 Å². The molecule has 0 saturated heterocycles. The van der Waals surface area contributed by atoms with Crippen LogP contribution in [0.15, 0.2) is 35.5 Å². The zero-order valence-corrected chi connectivity index (χ0v) is 13.9. The summed E-state index contributed by atoms with van der Waals surface area (Å²) < 4.78 is 28.0. The number of nitrogens with zero attached hydrogens (tertiary/aromatic N) is 6. The summed E-state index contributed by atoms with van der Waals surface area (Å²) in [6, 6.07) is 6.24. The molecule has 1 heterocycles. The highest BCUT2D eigenvalue weighted by Gasteiger charge is 2.26. The van der Waals surface area contributed by atoms with Crippen LogP contribution in [0.3, 0.4) is 0 Å². The fourth-order valence-corrected chi connectivity index (χ4v) is 3.31. The molecule has 0 spiro atoms. The summed E-state index contributed by atoms with van der Waals surface area (Å²) in [4.78, 5) is 13.3. The van der Waals surface area contributed by atoms with Gasteiger partial charge in [-0.1, -0.05) is 13.0 Å². The molecule has 0 unspecified atom stereocenters. The summed E-state index contributed by atoms with van der Waals surface area (Å²) in [6.07, 6.45) is 1.37. The second-order valence-corrected chi connectivity index (χ2v) is 6.91. The van der Waals surface area contributed by atoms with Gasteiger partial charge in [0.25, 0.3) is 0 Å². The Bertz CT molecular complexity index is 773. The van der Waals surface area contributed by atoms with E-state index >= 15 is 0 Å². The van der Waals surface area contributed by atoms with E-state index in [1.807, 2.05) is 0 Å². The highest BCUT2D eigenvalue weighted by molar-refractivity contribution is 7.89. The van der Waals surface area contributed by atoms with Crippen LogP contribution < -0.4 is 0 Å². The van der Waals surface area contributed by atoms with Crippen molar-refractivity contribution in [1.82, 2.24) is 29.4 Å². The Morgan fingerprint density at radius 3 is 2.61 bits per heavy atom. The van der Waals surface area contributed by atoms with Crippen molar-refractivity contribution in [3.63, 3.8) is 0 Å². The average molecular weight is 338 g/mol. The molecule has 10 heteroatoms. The Morgan fingerprint density at radius 1 is 1.30 bits per heavy atom. The lowest BCUT2D eigenvalue weighted by molar-refractivity contribution is -0.128. The third-order valence-corrected chi connectivity index (χ3v) is 5.15. The van der Waals surface area contributed by atoms with Gasteiger partial charge in [-0.05, 0) is 28.6 Å². The predicted molar refractivity (Wildman–Crippen MR) is 82.3 cm³/mol. The van der Waals surface area contributed by atoms with Gasteiger partial charge >= 0.3 is 0 Å². The van der Waals surface area contributed by atoms with Gasteiger partial charge in [0.1, 0.15) is 6.33 Å². The van der Waals surface area contributed by atoms with Crippen LogP contribution in [0.5, 0.6) is 0 Å². The van der Waals surface area contributed by atoms with E-state index in [0.29, 0.717) is 5.69 Å². The maximum Gasteiger partial charge on any atom is 0.243 e. The molecule has 0 N–H and O–H groups in total. The number of carbonyl (C=O) groups excluding carboxylic acids is 1. The van der Waals surface area contributed by atoms with E-state index in [0.717, 1.165) is 4.31 Å². The van der Waals surface area contributed by atoms with E-state index in [-0.39, 0.29) is 23.9 Å². The second kappa shape index (κ2) is 6.84. The van der Waals surface area contributed by atoms with Crippen molar-refractivity contribution >= 4 is 15.9 Å². The molecular formula is C13H18N6O3S. The first-order valence-corrected chi connectivity index (χ1v) is 8.34. The lowest BCUT2D eigenvalue weighted by Crippen LogP contribution is -2.40. The van der Waals surface area contributed by atoms with Gasteiger partial charge in [0, 0.05) is 20.6 Å². The van der Waals surface area contributed by atoms with E-state index in [2.05, 4.69) is 15.5 Å². The van der Waals surface area contributed by atoms with Crippen LogP contribution in [0.25, 0.3) is 5.69 Å². The van der Waals surface area contributed by atoms with E-state index in [1.54, 1.807) is 33.2 Å². The highest BCUT2D eigenvalue weighted by Crippen LogP contribution is 2.18. The smallest absolute Gasteiger partial charge is 0.243 e. The zero-order valence-electron chi connectivity index (χ0n) is 13.1. The number of tetrazole rings is 1. The summed E-state index contributed by atoms with van der Waals surface area (Å²) in [5.41, 5.74) is 0.520. The zero-order chi connectivity index (χ0) is 17.0. The topological polar surface area (TPSA) is 101 Å². The number of aromatic nitrogens is 4. The van der Waals surface area contributed by atoms with E-state index < -0.39 is 10.0 Å². The minimum absolute atomic E-state index is 0.0823. The Labute approximate surface area is 134 Å². The molecular weight excluding hydrogens is 320 g/mol. The summed E-state index contributed by atoms with van der Waals surface area (Å²) >= 11 is 0. The quantitative estimate of drug-likeness (QED) is 0.720. The molecule has 0 aliphatic rings. The fraction of sp³-hybridized carbons (Fsp3) is 0.385. The lowest BCUT2D eigenvalue weighted by atomic mass is 10.3. The first kappa shape index (κ1) is 17.0. The Hall–Kier alpha value is -2.33. The Morgan fingerprint density at radius 2 is 2.04 bits per heavy atom. The largest absolute Gasteiger partial charge is 0.348 e. The first-order valence-electron chi connectivity index (χ1n) is 6.90. The molecule has 124 valence electrons. The molecule has 0 bridgehead atoms. The number of hydrogen-bond acceptors (Lipinski definition) is 6. The highest BCUT2D eigenvalue weighted by atomic mass is 32.2. The summed E-state index contributed by atoms with van der Waals surface area (Å²) in [5.74, 6) is -0.285. The number of carbonyl (C=O) groups is 1. The molecule has 1 aromatic carbocycles. The predicted octanol–water partition coefficient (Wildman–Crippen LogP) is -0.239. The first-order chi connectivity index (χ1) is 10.9. The van der Waals surface area contributed by atoms with Crippen molar-refractivity contribution in [1.29, 1.82) is 0 Å². The van der Waals surface area contributed by atoms with Gasteiger partial charge in [0.05, 0.1) is 17.1 Å². The van der Waals surface area contributed by atoms with Gasteiger partial charge in [-0.3, -0.25) is 4.79 Å². The van der Waals surface area contributed by atoms with Crippen LogP contribution in [0, 0.1) is 0 Å². The molecule has 2 rings (SSSR count). The number of rotatable bonds is 6. The minimum atomic E-state index is -3.79. The van der Waals surface area contributed by atoms with Gasteiger partial charge in [0.15, 0.2) is 0 Å². The Kier molecular flexibility index (Phi) is 5.06. The normalized spacial score (nSPS) is 11.7. The van der Waals surface area contributed by atoms with Gasteiger partial charge in [-0.15, -0.1) is 5.10 Å². The number of benzene rings is 1. The van der Waals surface area contributed by atoms with Gasteiger partial charge < -0.3 is 4.90 Å². The molecule has 1 amide bonds. The number of sulfonamides is 1. The number of amides is 1. The van der Waals surface area contributed by atoms with Crippen LogP contribution >= 0.6 is 0 Å². The lowest BCUT2D eigenvalue weighted by Gasteiger charge is -2.22. The maximum atomic E-state index is 12.7. The minimum Gasteiger partial charge on any atom is -0.348 e. The SMILES string of the molecule is CCN(CC(=O)N(C)C)S(=O)(=O)c1cccc(-n2cnnn2)c1. The fourth-order valence-electron chi connectivity index (χ4n) is 1.87. The van der Waals surface area contributed by atoms with Crippen molar-refractivity contribution in [2.24, 2.45) is 0 Å². The number of hydrogen-bond donors (Lipinski definition) is 0. The average Bonchev–Trinajstić information content (AvgIpc) is 3.06. The summed E-state index contributed by atoms with van der Waals surface area (Å²) in [5, 5.41) is 10.8. The van der Waals surface area contributed by atoms with Crippen molar-refractivity contribution in [2.75, 3.05) is 27.2 Å². The molecule has 9 nitrogen and oxygen atoms in total. The van der Waals surface area contributed by atoms with Crippen LogP contribution in [-0.4, -0.2) is 70.9 Å². The van der Waals surface area contributed by atoms with Crippen molar-refractivity contribution in [3.05, 3.63) is 30.6 Å². The molecule has 0 saturated carbocycles. The van der Waals surface area contributed by atoms with E-state index in [4.69, 9.17) is 0 Å². The van der Waals surface area contributed by atoms with E-state index in [1.165, 1.54) is 28.0 Å². The molecule has 0 aliphatic carbocycles. The van der Waals surface area contributed by atoms with Crippen LogP contribution in [0.4, 0.5) is 0 Å². The van der Waals surface area contributed by atoms with Crippen LogP contribution in [-0.2, 0) is 14.8 Å². The summed E-state index contributed by atoms with van der Waals surface area (Å²) in [7, 11) is -0.620. The maximum absolute atomic E-state index is 12.7. The van der Waals surface area contributed by atoms with Gasteiger partial charge in [-0.25, -0.2) is 13.1 Å². The van der Waals surface area contributed by atoms with Gasteiger partial charge in [0.2, 0.25) is 15.9 Å². The van der Waals surface area contributed by atoms with Gasteiger partial charge in [-0.2, -0.15) is 4.31 Å². The van der Waals surface area contributed by atoms with Crippen LogP contribution in [0.1, 0.15) is 6.92 Å². The van der Waals surface area contributed by atoms with E-state index in [9.17, 15) is 13.2 Å². The van der Waals surface area contributed by atoms with Crippen LogP contribution in [0.2, 0.25) is 0 Å². The molecule has 23 heavy (non-hydrogen) atoms. The van der Waals surface area contributed by atoms with Crippen molar-refractivity contribution < 1.29 is 13.2 Å². The molecule has 2 aromatic rings. The molecule has 1 aromatic heterocycles. The second-order valence-electron chi connectivity index (χ2n) is 4.97.